The molecule has 0 aliphatic heterocycles. The smallest absolute Gasteiger partial charge is 0.337 e. The lowest BCUT2D eigenvalue weighted by atomic mass is 10.2. The van der Waals surface area contributed by atoms with E-state index in [1.807, 2.05) is 0 Å². The summed E-state index contributed by atoms with van der Waals surface area (Å²) in [7, 11) is 6.01. The quantitative estimate of drug-likeness (QED) is 0.298. The first-order valence-electron chi connectivity index (χ1n) is 10.5. The highest BCUT2D eigenvalue weighted by Gasteiger charge is 2.16. The lowest BCUT2D eigenvalue weighted by Crippen LogP contribution is -2.24. The molecule has 36 heavy (non-hydrogen) atoms. The number of nitrogens with zero attached hydrogens (tertiary/aromatic N) is 3. The predicted octanol–water partition coefficient (Wildman–Crippen LogP) is 2.93. The summed E-state index contributed by atoms with van der Waals surface area (Å²) in [4.78, 5) is 36.7. The summed E-state index contributed by atoms with van der Waals surface area (Å²) in [5.74, 6) is 0.268. The standard InChI is InChI=1S/C23H24ClN5O6S/c1-29-19(11-25-21(31)13-6-8-17(33-2)18(10-13)34-3)27-28-23(29)36-12-20(30)26-16-9-14(22(32)35-4)5-7-15(16)24/h5-10H,11-12H2,1-4H3,(H,25,31)(H,26,30). The molecule has 11 nitrogen and oxygen atoms in total. The van der Waals surface area contributed by atoms with E-state index in [0.717, 1.165) is 11.8 Å². The van der Waals surface area contributed by atoms with Crippen LogP contribution in [0.1, 0.15) is 26.5 Å². The number of ether oxygens (including phenoxy) is 3. The molecule has 1 heterocycles. The van der Waals surface area contributed by atoms with E-state index in [1.165, 1.54) is 39.5 Å². The number of aromatic nitrogens is 3. The molecule has 0 bridgehead atoms. The van der Waals surface area contributed by atoms with Crippen LogP contribution in [0.15, 0.2) is 41.6 Å². The fourth-order valence-electron chi connectivity index (χ4n) is 3.05. The topological polar surface area (TPSA) is 134 Å². The van der Waals surface area contributed by atoms with Crippen LogP contribution in [0.3, 0.4) is 0 Å². The number of hydrogen-bond donors (Lipinski definition) is 2. The molecule has 2 N–H and O–H groups in total. The SMILES string of the molecule is COC(=O)c1ccc(Cl)c(NC(=O)CSc2nnc(CNC(=O)c3ccc(OC)c(OC)c3)n2C)c1. The summed E-state index contributed by atoms with van der Waals surface area (Å²) in [6.45, 7) is 0.124. The molecule has 2 aromatic carbocycles. The molecular weight excluding hydrogens is 510 g/mol. The van der Waals surface area contributed by atoms with E-state index in [9.17, 15) is 14.4 Å². The van der Waals surface area contributed by atoms with Gasteiger partial charge in [0.2, 0.25) is 5.91 Å². The molecule has 0 aliphatic rings. The molecule has 0 atom stereocenters. The van der Waals surface area contributed by atoms with Crippen molar-refractivity contribution in [2.24, 2.45) is 7.05 Å². The Balaban J connectivity index is 1.56. The van der Waals surface area contributed by atoms with Crippen LogP contribution in [0.25, 0.3) is 0 Å². The van der Waals surface area contributed by atoms with E-state index in [-0.39, 0.29) is 34.7 Å². The van der Waals surface area contributed by atoms with E-state index in [1.54, 1.807) is 29.8 Å². The van der Waals surface area contributed by atoms with E-state index in [2.05, 4.69) is 25.6 Å². The van der Waals surface area contributed by atoms with Gasteiger partial charge in [-0.05, 0) is 36.4 Å². The van der Waals surface area contributed by atoms with Crippen LogP contribution < -0.4 is 20.1 Å². The maximum absolute atomic E-state index is 12.5. The Kier molecular flexibility index (Phi) is 9.14. The largest absolute Gasteiger partial charge is 0.493 e. The van der Waals surface area contributed by atoms with Gasteiger partial charge in [0.1, 0.15) is 0 Å². The molecule has 3 rings (SSSR count). The Morgan fingerprint density at radius 1 is 1.00 bits per heavy atom. The summed E-state index contributed by atoms with van der Waals surface area (Å²) in [5.41, 5.74) is 0.954. The molecule has 1 aromatic heterocycles. The molecule has 2 amide bonds. The number of nitrogens with one attached hydrogen (secondary N) is 2. The van der Waals surface area contributed by atoms with Gasteiger partial charge in [0.05, 0.1) is 49.9 Å². The van der Waals surface area contributed by atoms with Crippen molar-refractivity contribution >= 4 is 46.8 Å². The van der Waals surface area contributed by atoms with Gasteiger partial charge in [-0.3, -0.25) is 9.59 Å². The normalized spacial score (nSPS) is 10.5. The molecule has 0 fully saturated rings. The first kappa shape index (κ1) is 26.8. The molecule has 0 unspecified atom stereocenters. The maximum Gasteiger partial charge on any atom is 0.337 e. The lowest BCUT2D eigenvalue weighted by Gasteiger charge is -2.10. The summed E-state index contributed by atoms with van der Waals surface area (Å²) < 4.78 is 16.8. The highest BCUT2D eigenvalue weighted by Crippen LogP contribution is 2.27. The molecule has 0 saturated carbocycles. The number of halogens is 1. The number of benzene rings is 2. The second-order valence-corrected chi connectivity index (χ2v) is 8.58. The van der Waals surface area contributed by atoms with Crippen molar-refractivity contribution in [3.8, 4) is 11.5 Å². The van der Waals surface area contributed by atoms with Gasteiger partial charge in [-0.15, -0.1) is 10.2 Å². The molecule has 0 radical (unpaired) electrons. The Labute approximate surface area is 216 Å². The number of esters is 1. The Hall–Kier alpha value is -3.77. The predicted molar refractivity (Wildman–Crippen MR) is 134 cm³/mol. The van der Waals surface area contributed by atoms with Gasteiger partial charge in [0.15, 0.2) is 22.5 Å². The average Bonchev–Trinajstić information content (AvgIpc) is 3.25. The van der Waals surface area contributed by atoms with Gasteiger partial charge in [-0.1, -0.05) is 23.4 Å². The van der Waals surface area contributed by atoms with Gasteiger partial charge in [0, 0.05) is 12.6 Å². The first-order chi connectivity index (χ1) is 17.3. The second-order valence-electron chi connectivity index (χ2n) is 7.23. The van der Waals surface area contributed by atoms with Gasteiger partial charge in [-0.2, -0.15) is 0 Å². The van der Waals surface area contributed by atoms with Crippen LogP contribution in [0, 0.1) is 0 Å². The number of methoxy groups -OCH3 is 3. The Morgan fingerprint density at radius 3 is 2.42 bits per heavy atom. The number of thioether (sulfide) groups is 1. The number of amides is 2. The minimum atomic E-state index is -0.540. The lowest BCUT2D eigenvalue weighted by molar-refractivity contribution is -0.113. The van der Waals surface area contributed by atoms with Crippen molar-refractivity contribution in [2.45, 2.75) is 11.7 Å². The van der Waals surface area contributed by atoms with E-state index in [4.69, 9.17) is 21.1 Å². The van der Waals surface area contributed by atoms with Crippen molar-refractivity contribution in [3.63, 3.8) is 0 Å². The van der Waals surface area contributed by atoms with Gasteiger partial charge in [0.25, 0.3) is 5.91 Å². The second kappa shape index (κ2) is 12.3. The number of carbonyl (C=O) groups excluding carboxylic acids is 3. The monoisotopic (exact) mass is 533 g/mol. The maximum atomic E-state index is 12.5. The van der Waals surface area contributed by atoms with Crippen molar-refractivity contribution in [1.29, 1.82) is 0 Å². The molecular formula is C23H24ClN5O6S. The average molecular weight is 534 g/mol. The zero-order valence-electron chi connectivity index (χ0n) is 20.0. The fourth-order valence-corrected chi connectivity index (χ4v) is 3.94. The summed E-state index contributed by atoms with van der Waals surface area (Å²) in [6.07, 6.45) is 0. The molecule has 3 aromatic rings. The fraction of sp³-hybridized carbons (Fsp3) is 0.261. The van der Waals surface area contributed by atoms with Crippen LogP contribution in [0.2, 0.25) is 5.02 Å². The van der Waals surface area contributed by atoms with Crippen molar-refractivity contribution in [3.05, 3.63) is 58.4 Å². The van der Waals surface area contributed by atoms with Gasteiger partial charge >= 0.3 is 5.97 Å². The number of anilines is 1. The summed E-state index contributed by atoms with van der Waals surface area (Å²) >= 11 is 7.28. The Morgan fingerprint density at radius 2 is 1.72 bits per heavy atom. The van der Waals surface area contributed by atoms with Crippen LogP contribution in [-0.4, -0.2) is 59.6 Å². The summed E-state index contributed by atoms with van der Waals surface area (Å²) in [5, 5.41) is 14.4. The van der Waals surface area contributed by atoms with Gasteiger partial charge in [-0.25, -0.2) is 4.79 Å². The van der Waals surface area contributed by atoms with Crippen LogP contribution in [-0.2, 0) is 23.1 Å². The minimum absolute atomic E-state index is 0.0166. The zero-order valence-corrected chi connectivity index (χ0v) is 21.5. The van der Waals surface area contributed by atoms with Crippen molar-refractivity contribution < 1.29 is 28.6 Å². The third kappa shape index (κ3) is 6.46. The van der Waals surface area contributed by atoms with E-state index in [0.29, 0.717) is 33.7 Å². The van der Waals surface area contributed by atoms with Gasteiger partial charge < -0.3 is 29.4 Å². The highest BCUT2D eigenvalue weighted by atomic mass is 35.5. The molecule has 13 heteroatoms. The third-order valence-electron chi connectivity index (χ3n) is 4.97. The highest BCUT2D eigenvalue weighted by molar-refractivity contribution is 7.99. The summed E-state index contributed by atoms with van der Waals surface area (Å²) in [6, 6.07) is 9.30. The van der Waals surface area contributed by atoms with Crippen LogP contribution in [0.4, 0.5) is 5.69 Å². The molecule has 190 valence electrons. The number of rotatable bonds is 10. The van der Waals surface area contributed by atoms with Crippen molar-refractivity contribution in [1.82, 2.24) is 20.1 Å². The van der Waals surface area contributed by atoms with Crippen LogP contribution >= 0.6 is 23.4 Å². The van der Waals surface area contributed by atoms with E-state index >= 15 is 0 Å². The molecule has 0 saturated heterocycles. The van der Waals surface area contributed by atoms with Crippen molar-refractivity contribution in [2.75, 3.05) is 32.4 Å². The number of hydrogen-bond acceptors (Lipinski definition) is 9. The molecule has 0 aliphatic carbocycles. The molecule has 0 spiro atoms. The van der Waals surface area contributed by atoms with E-state index < -0.39 is 5.97 Å². The third-order valence-corrected chi connectivity index (χ3v) is 6.32. The van der Waals surface area contributed by atoms with Crippen LogP contribution in [0.5, 0.6) is 11.5 Å². The zero-order chi connectivity index (χ0) is 26.2. The number of carbonyl (C=O) groups is 3. The first-order valence-corrected chi connectivity index (χ1v) is 11.8. The minimum Gasteiger partial charge on any atom is -0.493 e. The Bertz CT molecular complexity index is 1280.